The number of hydrogen-bond donors (Lipinski definition) is 1. The summed E-state index contributed by atoms with van der Waals surface area (Å²) < 4.78 is 13.5. The van der Waals surface area contributed by atoms with Crippen molar-refractivity contribution in [3.63, 3.8) is 0 Å². The second kappa shape index (κ2) is 7.47. The number of ether oxygens (including phenoxy) is 2. The van der Waals surface area contributed by atoms with Gasteiger partial charge in [-0.15, -0.1) is 5.10 Å². The molecule has 0 radical (unpaired) electrons. The fourth-order valence-electron chi connectivity index (χ4n) is 4.45. The van der Waals surface area contributed by atoms with E-state index in [-0.39, 0.29) is 11.6 Å². The van der Waals surface area contributed by atoms with Gasteiger partial charge in [-0.3, -0.25) is 0 Å². The Morgan fingerprint density at radius 3 is 2.77 bits per heavy atom. The molecule has 0 aromatic carbocycles. The molecule has 2 aliphatic rings. The van der Waals surface area contributed by atoms with Crippen molar-refractivity contribution in [2.45, 2.75) is 50.7 Å². The van der Waals surface area contributed by atoms with Gasteiger partial charge in [0, 0.05) is 24.8 Å². The van der Waals surface area contributed by atoms with Crippen molar-refractivity contribution in [2.75, 3.05) is 31.7 Å². The summed E-state index contributed by atoms with van der Waals surface area (Å²) in [5.41, 5.74) is 8.84. The van der Waals surface area contributed by atoms with Crippen LogP contribution in [0.3, 0.4) is 0 Å². The highest BCUT2D eigenvalue weighted by Gasteiger charge is 2.42. The van der Waals surface area contributed by atoms with Gasteiger partial charge in [0.1, 0.15) is 0 Å². The molecule has 30 heavy (non-hydrogen) atoms. The quantitative estimate of drug-likeness (QED) is 0.683. The first-order valence-electron chi connectivity index (χ1n) is 10.5. The first-order chi connectivity index (χ1) is 14.5. The van der Waals surface area contributed by atoms with Crippen LogP contribution in [0.4, 0.5) is 5.13 Å². The highest BCUT2D eigenvalue weighted by molar-refractivity contribution is 7.20. The van der Waals surface area contributed by atoms with Gasteiger partial charge in [0.2, 0.25) is 16.0 Å². The van der Waals surface area contributed by atoms with Crippen molar-refractivity contribution < 1.29 is 9.47 Å². The minimum absolute atomic E-state index is 0.0321. The van der Waals surface area contributed by atoms with E-state index in [2.05, 4.69) is 34.8 Å². The predicted octanol–water partition coefficient (Wildman–Crippen LogP) is 3.07. The first-order valence-corrected chi connectivity index (χ1v) is 11.3. The Hall–Kier alpha value is -2.23. The lowest BCUT2D eigenvalue weighted by Gasteiger charge is -2.38. The Labute approximate surface area is 180 Å². The van der Waals surface area contributed by atoms with E-state index in [1.54, 1.807) is 18.4 Å². The smallest absolute Gasteiger partial charge is 0.222 e. The number of nitrogens with two attached hydrogens (primary N) is 1. The Kier molecular flexibility index (Phi) is 4.91. The van der Waals surface area contributed by atoms with Crippen molar-refractivity contribution in [3.05, 3.63) is 24.0 Å². The molecular formula is C21H28N6O2S. The second-order valence-corrected chi connectivity index (χ2v) is 9.55. The number of hydrogen-bond acceptors (Lipinski definition) is 8. The molecule has 1 unspecified atom stereocenters. The van der Waals surface area contributed by atoms with Crippen LogP contribution in [0.15, 0.2) is 18.3 Å². The van der Waals surface area contributed by atoms with Crippen LogP contribution in [0.25, 0.3) is 16.2 Å². The fourth-order valence-corrected chi connectivity index (χ4v) is 5.38. The molecule has 0 aliphatic carbocycles. The van der Waals surface area contributed by atoms with Crippen molar-refractivity contribution in [3.8, 4) is 17.1 Å². The van der Waals surface area contributed by atoms with Crippen LogP contribution < -0.4 is 15.4 Å². The molecular weight excluding hydrogens is 400 g/mol. The molecule has 160 valence electrons. The number of anilines is 1. The van der Waals surface area contributed by atoms with Crippen LogP contribution in [0.2, 0.25) is 0 Å². The van der Waals surface area contributed by atoms with Crippen molar-refractivity contribution in [2.24, 2.45) is 5.73 Å². The van der Waals surface area contributed by atoms with Crippen molar-refractivity contribution >= 4 is 21.4 Å². The maximum atomic E-state index is 6.07. The zero-order valence-electron chi connectivity index (χ0n) is 17.7. The van der Waals surface area contributed by atoms with Crippen LogP contribution in [-0.4, -0.2) is 58.0 Å². The molecule has 2 aliphatic heterocycles. The molecule has 2 fully saturated rings. The van der Waals surface area contributed by atoms with Gasteiger partial charge < -0.3 is 20.1 Å². The number of fused-ring (bicyclic) bond motifs is 1. The topological polar surface area (TPSA) is 90.8 Å². The summed E-state index contributed by atoms with van der Waals surface area (Å²) in [6, 6.07) is 4.27. The van der Waals surface area contributed by atoms with E-state index in [1.807, 2.05) is 16.8 Å². The molecule has 1 spiro atoms. The average molecular weight is 429 g/mol. The highest BCUT2D eigenvalue weighted by atomic mass is 32.1. The van der Waals surface area contributed by atoms with Gasteiger partial charge in [-0.1, -0.05) is 25.2 Å². The minimum Gasteiger partial charge on any atom is -0.480 e. The third-order valence-corrected chi connectivity index (χ3v) is 7.18. The normalized spacial score (nSPS) is 21.2. The molecule has 9 heteroatoms. The number of methoxy groups -OCH3 is 1. The molecule has 2 N–H and O–H groups in total. The summed E-state index contributed by atoms with van der Waals surface area (Å²) in [5, 5.41) is 5.87. The maximum Gasteiger partial charge on any atom is 0.222 e. The standard InChI is InChI=1S/C21H28N6O2S/c1-13(2)16-5-4-15(18(24-16)28-3)17-11-23-19-27(17)25-20(30-19)26-8-6-21(7-9-26)10-14(22)12-29-21/h4-5,11,13-14H,6-10,12,22H2,1-3H3. The summed E-state index contributed by atoms with van der Waals surface area (Å²) in [6.45, 7) is 6.77. The Morgan fingerprint density at radius 1 is 1.30 bits per heavy atom. The average Bonchev–Trinajstić information content (AvgIpc) is 3.43. The van der Waals surface area contributed by atoms with Crippen LogP contribution in [0, 0.1) is 0 Å². The predicted molar refractivity (Wildman–Crippen MR) is 117 cm³/mol. The van der Waals surface area contributed by atoms with E-state index in [9.17, 15) is 0 Å². The van der Waals surface area contributed by atoms with E-state index >= 15 is 0 Å². The molecule has 5 rings (SSSR count). The lowest BCUT2D eigenvalue weighted by Crippen LogP contribution is -2.44. The highest BCUT2D eigenvalue weighted by Crippen LogP contribution is 2.38. The van der Waals surface area contributed by atoms with Crippen LogP contribution in [0.5, 0.6) is 5.88 Å². The van der Waals surface area contributed by atoms with Gasteiger partial charge in [-0.25, -0.2) is 14.5 Å². The van der Waals surface area contributed by atoms with Crippen LogP contribution >= 0.6 is 11.3 Å². The summed E-state index contributed by atoms with van der Waals surface area (Å²) in [4.78, 5) is 12.5. The zero-order chi connectivity index (χ0) is 20.9. The van der Waals surface area contributed by atoms with E-state index in [1.165, 1.54) is 0 Å². The summed E-state index contributed by atoms with van der Waals surface area (Å²) in [6.07, 6.45) is 4.79. The third-order valence-electron chi connectivity index (χ3n) is 6.20. The third kappa shape index (κ3) is 3.34. The van der Waals surface area contributed by atoms with Gasteiger partial charge in [-0.05, 0) is 37.3 Å². The summed E-state index contributed by atoms with van der Waals surface area (Å²) in [5.74, 6) is 0.942. The monoisotopic (exact) mass is 428 g/mol. The number of aromatic nitrogens is 4. The first kappa shape index (κ1) is 19.7. The molecule has 3 aromatic heterocycles. The van der Waals surface area contributed by atoms with Crippen molar-refractivity contribution in [1.29, 1.82) is 0 Å². The molecule has 5 heterocycles. The van der Waals surface area contributed by atoms with Crippen LogP contribution in [-0.2, 0) is 4.74 Å². The van der Waals surface area contributed by atoms with E-state index in [0.29, 0.717) is 18.4 Å². The SMILES string of the molecule is COc1nc(C(C)C)ccc1-c1cnc2sc(N3CCC4(CC3)CC(N)CO4)nn12. The lowest BCUT2D eigenvalue weighted by molar-refractivity contribution is -0.0148. The Morgan fingerprint density at radius 2 is 2.10 bits per heavy atom. The fraction of sp³-hybridized carbons (Fsp3) is 0.571. The molecule has 0 bridgehead atoms. The maximum absolute atomic E-state index is 6.07. The minimum atomic E-state index is -0.0321. The van der Waals surface area contributed by atoms with E-state index < -0.39 is 0 Å². The second-order valence-electron chi connectivity index (χ2n) is 8.62. The molecule has 0 amide bonds. The number of pyridine rings is 1. The molecule has 3 aromatic rings. The van der Waals surface area contributed by atoms with E-state index in [0.717, 1.165) is 59.4 Å². The van der Waals surface area contributed by atoms with E-state index in [4.69, 9.17) is 20.3 Å². The van der Waals surface area contributed by atoms with Crippen LogP contribution in [0.1, 0.15) is 44.7 Å². The molecule has 1 atom stereocenters. The Balaban J connectivity index is 1.41. The molecule has 8 nitrogen and oxygen atoms in total. The Bertz CT molecular complexity index is 1050. The van der Waals surface area contributed by atoms with Gasteiger partial charge in [0.15, 0.2) is 0 Å². The zero-order valence-corrected chi connectivity index (χ0v) is 18.5. The summed E-state index contributed by atoms with van der Waals surface area (Å²) >= 11 is 1.61. The lowest BCUT2D eigenvalue weighted by atomic mass is 9.88. The van der Waals surface area contributed by atoms with Gasteiger partial charge >= 0.3 is 0 Å². The molecule has 0 saturated carbocycles. The van der Waals surface area contributed by atoms with Gasteiger partial charge in [0.25, 0.3) is 0 Å². The number of piperidine rings is 1. The molecule has 2 saturated heterocycles. The van der Waals surface area contributed by atoms with Crippen molar-refractivity contribution in [1.82, 2.24) is 19.6 Å². The summed E-state index contributed by atoms with van der Waals surface area (Å²) in [7, 11) is 1.65. The number of rotatable bonds is 4. The van der Waals surface area contributed by atoms with Gasteiger partial charge in [0.05, 0.1) is 36.8 Å². The van der Waals surface area contributed by atoms with Gasteiger partial charge in [-0.2, -0.15) is 0 Å². The number of nitrogens with zero attached hydrogens (tertiary/aromatic N) is 5. The largest absolute Gasteiger partial charge is 0.480 e. The number of imidazole rings is 1.